The van der Waals surface area contributed by atoms with Crippen LogP contribution < -0.4 is 15.6 Å². The van der Waals surface area contributed by atoms with Crippen LogP contribution in [0.3, 0.4) is 0 Å². The highest BCUT2D eigenvalue weighted by molar-refractivity contribution is 6.01. The summed E-state index contributed by atoms with van der Waals surface area (Å²) in [5.74, 6) is -0.122. The van der Waals surface area contributed by atoms with E-state index in [1.165, 1.54) is 0 Å². The molecule has 3 N–H and O–H groups in total. The van der Waals surface area contributed by atoms with E-state index < -0.39 is 0 Å². The third-order valence-corrected chi connectivity index (χ3v) is 6.42. The molecule has 8 heteroatoms. The lowest BCUT2D eigenvalue weighted by molar-refractivity contribution is -0.128. The average molecular weight is 483 g/mol. The fourth-order valence-corrected chi connectivity index (χ4v) is 4.65. The molecule has 3 amide bonds. The van der Waals surface area contributed by atoms with Gasteiger partial charge in [0.25, 0.3) is 5.91 Å². The van der Waals surface area contributed by atoms with Crippen molar-refractivity contribution in [1.82, 2.24) is 20.7 Å². The van der Waals surface area contributed by atoms with Crippen LogP contribution in [0.4, 0.5) is 0 Å². The summed E-state index contributed by atoms with van der Waals surface area (Å²) in [6.07, 6.45) is 2.09. The van der Waals surface area contributed by atoms with Gasteiger partial charge in [0.1, 0.15) is 5.75 Å². The average Bonchev–Trinajstić information content (AvgIpc) is 3.45. The Morgan fingerprint density at radius 2 is 1.64 bits per heavy atom. The fraction of sp³-hybridized carbons (Fsp3) is 0.179. The molecule has 1 atom stereocenters. The number of methoxy groups -OCH3 is 1. The number of carbonyl (C=O) groups is 3. The number of rotatable bonds is 7. The lowest BCUT2D eigenvalue weighted by Crippen LogP contribution is -2.43. The summed E-state index contributed by atoms with van der Waals surface area (Å²) in [5, 5.41) is 1.03. The lowest BCUT2D eigenvalue weighted by atomic mass is 9.97. The van der Waals surface area contributed by atoms with Crippen LogP contribution in [-0.4, -0.2) is 41.3 Å². The van der Waals surface area contributed by atoms with E-state index in [9.17, 15) is 14.4 Å². The molecule has 0 saturated carbocycles. The fourth-order valence-electron chi connectivity index (χ4n) is 4.65. The molecule has 0 aliphatic carbocycles. The second-order valence-electron chi connectivity index (χ2n) is 8.65. The Labute approximate surface area is 208 Å². The van der Waals surface area contributed by atoms with E-state index >= 15 is 0 Å². The van der Waals surface area contributed by atoms with Crippen molar-refractivity contribution in [2.45, 2.75) is 18.9 Å². The number of hydrogen-bond donors (Lipinski definition) is 3. The molecule has 1 aliphatic rings. The third-order valence-electron chi connectivity index (χ3n) is 6.42. The highest BCUT2D eigenvalue weighted by Gasteiger charge is 2.38. The maximum atomic E-state index is 13.3. The molecule has 0 bridgehead atoms. The number of benzene rings is 3. The van der Waals surface area contributed by atoms with Crippen LogP contribution in [0.1, 0.15) is 39.5 Å². The standard InChI is InChI=1S/C28H26N4O4/c1-36-19-12-10-18(11-13-19)16-26(34)31-30-25(33)14-15-32-27(21-7-2-3-8-22(21)28(32)35)23-17-29-24-9-5-4-6-20(23)24/h2-13,17,27,29H,14-16H2,1H3,(H,30,33)(H,31,34). The maximum Gasteiger partial charge on any atom is 0.255 e. The number of H-pyrrole nitrogens is 1. The molecular formula is C28H26N4O4. The third kappa shape index (κ3) is 4.53. The Hall–Kier alpha value is -4.59. The topological polar surface area (TPSA) is 104 Å². The molecule has 182 valence electrons. The van der Waals surface area contributed by atoms with Crippen molar-refractivity contribution >= 4 is 28.6 Å². The number of nitrogens with zero attached hydrogens (tertiary/aromatic N) is 1. The highest BCUT2D eigenvalue weighted by atomic mass is 16.5. The van der Waals surface area contributed by atoms with Crippen LogP contribution in [0, 0.1) is 0 Å². The minimum Gasteiger partial charge on any atom is -0.497 e. The molecule has 1 unspecified atom stereocenters. The molecule has 1 aliphatic heterocycles. The molecule has 2 heterocycles. The number of para-hydroxylation sites is 1. The van der Waals surface area contributed by atoms with Crippen LogP contribution >= 0.6 is 0 Å². The molecule has 3 aromatic carbocycles. The Bertz CT molecular complexity index is 1430. The number of hydrogen-bond acceptors (Lipinski definition) is 4. The Morgan fingerprint density at radius 3 is 2.44 bits per heavy atom. The first-order valence-corrected chi connectivity index (χ1v) is 11.7. The van der Waals surface area contributed by atoms with Crippen LogP contribution in [0.5, 0.6) is 5.75 Å². The molecule has 0 radical (unpaired) electrons. The van der Waals surface area contributed by atoms with Gasteiger partial charge in [0.15, 0.2) is 0 Å². The molecule has 0 spiro atoms. The maximum absolute atomic E-state index is 13.3. The van der Waals surface area contributed by atoms with Gasteiger partial charge in [-0.1, -0.05) is 48.5 Å². The zero-order chi connectivity index (χ0) is 25.1. The molecule has 0 saturated heterocycles. The van der Waals surface area contributed by atoms with Gasteiger partial charge in [-0.15, -0.1) is 0 Å². The van der Waals surface area contributed by atoms with Gasteiger partial charge >= 0.3 is 0 Å². The van der Waals surface area contributed by atoms with Crippen molar-refractivity contribution in [3.63, 3.8) is 0 Å². The number of hydrazine groups is 1. The molecule has 0 fully saturated rings. The van der Waals surface area contributed by atoms with E-state index in [1.807, 2.05) is 54.7 Å². The normalized spacial score (nSPS) is 14.5. The first-order chi connectivity index (χ1) is 17.5. The van der Waals surface area contributed by atoms with E-state index in [-0.39, 0.29) is 43.1 Å². The summed E-state index contributed by atoms with van der Waals surface area (Å²) in [6, 6.07) is 22.3. The second-order valence-corrected chi connectivity index (χ2v) is 8.65. The van der Waals surface area contributed by atoms with E-state index in [0.717, 1.165) is 27.6 Å². The van der Waals surface area contributed by atoms with Gasteiger partial charge in [-0.25, -0.2) is 0 Å². The van der Waals surface area contributed by atoms with Crippen molar-refractivity contribution in [2.24, 2.45) is 0 Å². The molecule has 5 rings (SSSR count). The summed E-state index contributed by atoms with van der Waals surface area (Å²) in [7, 11) is 1.58. The summed E-state index contributed by atoms with van der Waals surface area (Å²) in [6.45, 7) is 0.206. The van der Waals surface area contributed by atoms with E-state index in [1.54, 1.807) is 36.3 Å². The largest absolute Gasteiger partial charge is 0.497 e. The van der Waals surface area contributed by atoms with Gasteiger partial charge in [0.05, 0.1) is 19.6 Å². The summed E-state index contributed by atoms with van der Waals surface area (Å²) in [4.78, 5) is 43.1. The molecule has 4 aromatic rings. The zero-order valence-corrected chi connectivity index (χ0v) is 19.8. The number of ether oxygens (including phenoxy) is 1. The van der Waals surface area contributed by atoms with Crippen LogP contribution in [0.15, 0.2) is 79.0 Å². The second kappa shape index (κ2) is 9.95. The van der Waals surface area contributed by atoms with Crippen LogP contribution in [0.2, 0.25) is 0 Å². The summed E-state index contributed by atoms with van der Waals surface area (Å²) < 4.78 is 5.12. The molecule has 8 nitrogen and oxygen atoms in total. The number of fused-ring (bicyclic) bond motifs is 2. The monoisotopic (exact) mass is 482 g/mol. The predicted molar refractivity (Wildman–Crippen MR) is 135 cm³/mol. The van der Waals surface area contributed by atoms with Gasteiger partial charge < -0.3 is 14.6 Å². The van der Waals surface area contributed by atoms with Gasteiger partial charge in [0, 0.05) is 41.2 Å². The van der Waals surface area contributed by atoms with E-state index in [4.69, 9.17) is 4.74 Å². The quantitative estimate of drug-likeness (QED) is 0.351. The van der Waals surface area contributed by atoms with Crippen LogP contribution in [0.25, 0.3) is 10.9 Å². The first kappa shape index (κ1) is 23.2. The number of carbonyl (C=O) groups excluding carboxylic acids is 3. The number of aromatic nitrogens is 1. The number of amides is 3. The summed E-state index contributed by atoms with van der Waals surface area (Å²) in [5.41, 5.74) is 9.23. The Morgan fingerprint density at radius 1 is 0.917 bits per heavy atom. The minimum absolute atomic E-state index is 0.0431. The number of aromatic amines is 1. The molecule has 36 heavy (non-hydrogen) atoms. The Balaban J connectivity index is 1.24. The first-order valence-electron chi connectivity index (χ1n) is 11.7. The lowest BCUT2D eigenvalue weighted by Gasteiger charge is -2.25. The van der Waals surface area contributed by atoms with Crippen molar-refractivity contribution in [1.29, 1.82) is 0 Å². The predicted octanol–water partition coefficient (Wildman–Crippen LogP) is 3.50. The van der Waals surface area contributed by atoms with Gasteiger partial charge in [-0.05, 0) is 35.4 Å². The number of nitrogens with one attached hydrogen (secondary N) is 3. The van der Waals surface area contributed by atoms with E-state index in [0.29, 0.717) is 11.3 Å². The summed E-state index contributed by atoms with van der Waals surface area (Å²) >= 11 is 0. The van der Waals surface area contributed by atoms with Gasteiger partial charge in [-0.3, -0.25) is 25.2 Å². The molecule has 1 aromatic heterocycles. The van der Waals surface area contributed by atoms with Crippen molar-refractivity contribution in [3.05, 3.63) is 101 Å². The minimum atomic E-state index is -0.375. The zero-order valence-electron chi connectivity index (χ0n) is 19.8. The van der Waals surface area contributed by atoms with Crippen molar-refractivity contribution in [3.8, 4) is 5.75 Å². The Kier molecular flexibility index (Phi) is 6.40. The highest BCUT2D eigenvalue weighted by Crippen LogP contribution is 2.41. The van der Waals surface area contributed by atoms with Crippen molar-refractivity contribution < 1.29 is 19.1 Å². The molecular weight excluding hydrogens is 456 g/mol. The van der Waals surface area contributed by atoms with E-state index in [2.05, 4.69) is 15.8 Å². The van der Waals surface area contributed by atoms with Gasteiger partial charge in [0.2, 0.25) is 11.8 Å². The van der Waals surface area contributed by atoms with Gasteiger partial charge in [-0.2, -0.15) is 0 Å². The van der Waals surface area contributed by atoms with Crippen molar-refractivity contribution in [2.75, 3.05) is 13.7 Å². The van der Waals surface area contributed by atoms with Crippen LogP contribution in [-0.2, 0) is 16.0 Å². The SMILES string of the molecule is COc1ccc(CC(=O)NNC(=O)CCN2C(=O)c3ccccc3C2c2c[nH]c3ccccc23)cc1. The smallest absolute Gasteiger partial charge is 0.255 e.